The number of hydrogen-bond acceptors (Lipinski definition) is 4. The molecule has 104 valence electrons. The van der Waals surface area contributed by atoms with Gasteiger partial charge in [0.05, 0.1) is 0 Å². The second-order valence-electron chi connectivity index (χ2n) is 4.88. The molecule has 1 aromatic rings. The maximum Gasteiger partial charge on any atom is 0.333 e. The molecular weight excluding hydrogens is 242 g/mol. The smallest absolute Gasteiger partial charge is 0.333 e. The van der Waals surface area contributed by atoms with Crippen molar-refractivity contribution in [3.05, 3.63) is 48.6 Å². The molecule has 0 saturated carbocycles. The molecule has 0 spiro atoms. The Labute approximate surface area is 114 Å². The second-order valence-corrected chi connectivity index (χ2v) is 4.88. The largest absolute Gasteiger partial charge is 0.416 e. The summed E-state index contributed by atoms with van der Waals surface area (Å²) in [6.07, 6.45) is 1.25. The molecule has 0 fully saturated rings. The van der Waals surface area contributed by atoms with E-state index >= 15 is 0 Å². The lowest BCUT2D eigenvalue weighted by atomic mass is 9.93. The number of rotatable bonds is 6. The molecule has 0 radical (unpaired) electrons. The van der Waals surface area contributed by atoms with E-state index in [4.69, 9.17) is 4.74 Å². The van der Waals surface area contributed by atoms with Gasteiger partial charge in [-0.25, -0.2) is 10.1 Å². The van der Waals surface area contributed by atoms with Crippen molar-refractivity contribution in [1.29, 1.82) is 0 Å². The third-order valence-electron chi connectivity index (χ3n) is 2.92. The zero-order chi connectivity index (χ0) is 14.5. The lowest BCUT2D eigenvalue weighted by molar-refractivity contribution is -0.228. The van der Waals surface area contributed by atoms with Gasteiger partial charge in [0.25, 0.3) is 5.91 Å². The standard InChI is InChI=1S/C15H21NO3/c1-5-13(17)19-15(18,6-2)16-14(3,4)12-10-8-7-9-11-12/h5,7-11,16,18H,1,6H2,2-4H3. The zero-order valence-electron chi connectivity index (χ0n) is 11.6. The number of esters is 1. The van der Waals surface area contributed by atoms with E-state index in [0.717, 1.165) is 11.6 Å². The number of hydrogen-bond donors (Lipinski definition) is 2. The monoisotopic (exact) mass is 263 g/mol. The normalized spacial score (nSPS) is 14.5. The van der Waals surface area contributed by atoms with Crippen LogP contribution in [0.4, 0.5) is 0 Å². The summed E-state index contributed by atoms with van der Waals surface area (Å²) in [5.41, 5.74) is 0.435. The molecule has 0 saturated heterocycles. The fourth-order valence-corrected chi connectivity index (χ4v) is 1.81. The van der Waals surface area contributed by atoms with Crippen LogP contribution < -0.4 is 5.32 Å². The summed E-state index contributed by atoms with van der Waals surface area (Å²) < 4.78 is 4.98. The van der Waals surface area contributed by atoms with Crippen LogP contribution in [0.5, 0.6) is 0 Å². The highest BCUT2D eigenvalue weighted by Crippen LogP contribution is 2.24. The van der Waals surface area contributed by atoms with Crippen molar-refractivity contribution in [3.63, 3.8) is 0 Å². The molecule has 19 heavy (non-hydrogen) atoms. The Morgan fingerprint density at radius 1 is 1.42 bits per heavy atom. The van der Waals surface area contributed by atoms with Crippen LogP contribution in [0.15, 0.2) is 43.0 Å². The van der Waals surface area contributed by atoms with Gasteiger partial charge in [-0.05, 0) is 19.4 Å². The molecule has 1 aromatic carbocycles. The molecule has 1 atom stereocenters. The van der Waals surface area contributed by atoms with Crippen LogP contribution in [-0.4, -0.2) is 17.0 Å². The first kappa shape index (κ1) is 15.4. The van der Waals surface area contributed by atoms with Crippen LogP contribution in [-0.2, 0) is 15.1 Å². The van der Waals surface area contributed by atoms with E-state index in [0.29, 0.717) is 0 Å². The quantitative estimate of drug-likeness (QED) is 0.470. The number of aliphatic hydroxyl groups is 1. The number of benzene rings is 1. The van der Waals surface area contributed by atoms with Crippen LogP contribution in [0.2, 0.25) is 0 Å². The third kappa shape index (κ3) is 4.19. The highest BCUT2D eigenvalue weighted by Gasteiger charge is 2.36. The van der Waals surface area contributed by atoms with Crippen molar-refractivity contribution >= 4 is 5.97 Å². The highest BCUT2D eigenvalue weighted by atomic mass is 16.7. The predicted octanol–water partition coefficient (Wildman–Crippen LogP) is 2.30. The SMILES string of the molecule is C=CC(=O)OC(O)(CC)NC(C)(C)c1ccccc1. The van der Waals surface area contributed by atoms with Crippen molar-refractivity contribution in [2.24, 2.45) is 0 Å². The van der Waals surface area contributed by atoms with Gasteiger partial charge in [0, 0.05) is 18.0 Å². The summed E-state index contributed by atoms with van der Waals surface area (Å²) in [5.74, 6) is -2.38. The Balaban J connectivity index is 2.90. The van der Waals surface area contributed by atoms with Gasteiger partial charge in [0.15, 0.2) is 0 Å². The predicted molar refractivity (Wildman–Crippen MR) is 74.1 cm³/mol. The van der Waals surface area contributed by atoms with E-state index in [9.17, 15) is 9.90 Å². The van der Waals surface area contributed by atoms with E-state index in [1.807, 2.05) is 44.2 Å². The fraction of sp³-hybridized carbons (Fsp3) is 0.400. The molecule has 4 heteroatoms. The van der Waals surface area contributed by atoms with E-state index in [-0.39, 0.29) is 6.42 Å². The molecule has 2 N–H and O–H groups in total. The Kier molecular flexibility index (Phi) is 4.86. The summed E-state index contributed by atoms with van der Waals surface area (Å²) in [4.78, 5) is 11.3. The average molecular weight is 263 g/mol. The van der Waals surface area contributed by atoms with Crippen LogP contribution in [0.25, 0.3) is 0 Å². The molecule has 0 bridgehead atoms. The Morgan fingerprint density at radius 2 is 2.00 bits per heavy atom. The average Bonchev–Trinajstić information content (AvgIpc) is 2.39. The van der Waals surface area contributed by atoms with Gasteiger partial charge in [-0.2, -0.15) is 0 Å². The number of carbonyl (C=O) groups excluding carboxylic acids is 1. The number of ether oxygens (including phenoxy) is 1. The molecule has 0 aliphatic heterocycles. The molecule has 0 amide bonds. The minimum Gasteiger partial charge on any atom is -0.416 e. The minimum atomic E-state index is -1.72. The number of carbonyl (C=O) groups is 1. The highest BCUT2D eigenvalue weighted by molar-refractivity contribution is 5.81. The molecule has 0 heterocycles. The van der Waals surface area contributed by atoms with Gasteiger partial charge in [0.2, 0.25) is 0 Å². The molecule has 0 aromatic heterocycles. The Morgan fingerprint density at radius 3 is 2.47 bits per heavy atom. The van der Waals surface area contributed by atoms with E-state index in [2.05, 4.69) is 11.9 Å². The number of nitrogens with one attached hydrogen (secondary N) is 1. The van der Waals surface area contributed by atoms with Gasteiger partial charge < -0.3 is 9.84 Å². The molecule has 1 unspecified atom stereocenters. The van der Waals surface area contributed by atoms with Crippen molar-refractivity contribution < 1.29 is 14.6 Å². The van der Waals surface area contributed by atoms with Crippen LogP contribution in [0.3, 0.4) is 0 Å². The lowest BCUT2D eigenvalue weighted by Gasteiger charge is -2.37. The second kappa shape index (κ2) is 5.99. The molecule has 0 aliphatic rings. The van der Waals surface area contributed by atoms with E-state index in [1.165, 1.54) is 0 Å². The molecular formula is C15H21NO3. The maximum absolute atomic E-state index is 11.3. The van der Waals surface area contributed by atoms with Gasteiger partial charge in [0.1, 0.15) is 0 Å². The molecule has 1 rings (SSSR count). The summed E-state index contributed by atoms with van der Waals surface area (Å²) in [6.45, 7) is 8.86. The Hall–Kier alpha value is -1.65. The third-order valence-corrected chi connectivity index (χ3v) is 2.92. The zero-order valence-corrected chi connectivity index (χ0v) is 11.6. The van der Waals surface area contributed by atoms with Crippen LogP contribution in [0, 0.1) is 0 Å². The van der Waals surface area contributed by atoms with Crippen molar-refractivity contribution in [2.45, 2.75) is 38.6 Å². The van der Waals surface area contributed by atoms with Gasteiger partial charge in [-0.3, -0.25) is 0 Å². The summed E-state index contributed by atoms with van der Waals surface area (Å²) >= 11 is 0. The minimum absolute atomic E-state index is 0.225. The van der Waals surface area contributed by atoms with E-state index in [1.54, 1.807) is 6.92 Å². The molecule has 0 aliphatic carbocycles. The fourth-order valence-electron chi connectivity index (χ4n) is 1.81. The van der Waals surface area contributed by atoms with Crippen molar-refractivity contribution in [1.82, 2.24) is 5.32 Å². The van der Waals surface area contributed by atoms with Gasteiger partial charge in [-0.15, -0.1) is 0 Å². The summed E-state index contributed by atoms with van der Waals surface area (Å²) in [5, 5.41) is 13.3. The Bertz CT molecular complexity index is 442. The van der Waals surface area contributed by atoms with Gasteiger partial charge >= 0.3 is 5.97 Å². The van der Waals surface area contributed by atoms with Gasteiger partial charge in [-0.1, -0.05) is 43.8 Å². The topological polar surface area (TPSA) is 58.6 Å². The summed E-state index contributed by atoms with van der Waals surface area (Å²) in [7, 11) is 0. The first-order valence-corrected chi connectivity index (χ1v) is 6.25. The van der Waals surface area contributed by atoms with Crippen LogP contribution >= 0.6 is 0 Å². The lowest BCUT2D eigenvalue weighted by Crippen LogP contribution is -2.56. The van der Waals surface area contributed by atoms with Crippen LogP contribution in [0.1, 0.15) is 32.8 Å². The first-order valence-electron chi connectivity index (χ1n) is 6.25. The summed E-state index contributed by atoms with van der Waals surface area (Å²) in [6, 6.07) is 9.64. The first-order chi connectivity index (χ1) is 8.83. The van der Waals surface area contributed by atoms with E-state index < -0.39 is 17.4 Å². The van der Waals surface area contributed by atoms with Crippen molar-refractivity contribution in [3.8, 4) is 0 Å². The molecule has 4 nitrogen and oxygen atoms in total. The maximum atomic E-state index is 11.3. The van der Waals surface area contributed by atoms with Crippen molar-refractivity contribution in [2.75, 3.05) is 0 Å².